The first-order valence-electron chi connectivity index (χ1n) is 3.42. The van der Waals surface area contributed by atoms with Gasteiger partial charge >= 0.3 is 0 Å². The van der Waals surface area contributed by atoms with Crippen LogP contribution >= 0.6 is 0 Å². The smallest absolute Gasteiger partial charge is 0.0187 e. The highest BCUT2D eigenvalue weighted by Gasteiger charge is 2.13. The highest BCUT2D eigenvalue weighted by molar-refractivity contribution is 4.68. The Balaban J connectivity index is 3.47. The van der Waals surface area contributed by atoms with Gasteiger partial charge in [0.2, 0.25) is 0 Å². The Hall–Kier alpha value is -0.0800. The molecule has 0 spiro atoms. The molecule has 3 N–H and O–H groups in total. The number of rotatable bonds is 2. The summed E-state index contributed by atoms with van der Waals surface area (Å²) < 4.78 is 0. The minimum Gasteiger partial charge on any atom is -0.271 e. The minimum absolute atomic E-state index is 0.381. The summed E-state index contributed by atoms with van der Waals surface area (Å²) in [6.07, 6.45) is 1.11. The van der Waals surface area contributed by atoms with Crippen molar-refractivity contribution in [2.75, 3.05) is 0 Å². The van der Waals surface area contributed by atoms with Gasteiger partial charge in [-0.25, -0.2) is 0 Å². The van der Waals surface area contributed by atoms with E-state index in [-0.39, 0.29) is 0 Å². The molecule has 0 radical (unpaired) electrons. The molecule has 1 atom stereocenters. The van der Waals surface area contributed by atoms with Crippen LogP contribution in [0.4, 0.5) is 0 Å². The zero-order valence-corrected chi connectivity index (χ0v) is 6.86. The molecule has 0 aromatic heterocycles. The summed E-state index contributed by atoms with van der Waals surface area (Å²) in [4.78, 5) is 0. The van der Waals surface area contributed by atoms with Crippen LogP contribution in [-0.4, -0.2) is 6.04 Å². The molecule has 0 saturated carbocycles. The van der Waals surface area contributed by atoms with Crippen LogP contribution in [0.2, 0.25) is 0 Å². The van der Waals surface area contributed by atoms with Crippen molar-refractivity contribution in [1.82, 2.24) is 5.43 Å². The largest absolute Gasteiger partial charge is 0.271 e. The maximum atomic E-state index is 5.23. The lowest BCUT2D eigenvalue weighted by Crippen LogP contribution is -2.35. The van der Waals surface area contributed by atoms with Crippen molar-refractivity contribution >= 4 is 0 Å². The van der Waals surface area contributed by atoms with Crippen molar-refractivity contribution < 1.29 is 0 Å². The van der Waals surface area contributed by atoms with Crippen molar-refractivity contribution in [3.63, 3.8) is 0 Å². The fraction of sp³-hybridized carbons (Fsp3) is 1.00. The van der Waals surface area contributed by atoms with E-state index in [1.54, 1.807) is 0 Å². The van der Waals surface area contributed by atoms with E-state index in [0.29, 0.717) is 11.5 Å². The summed E-state index contributed by atoms with van der Waals surface area (Å²) in [7, 11) is 0. The van der Waals surface area contributed by atoms with E-state index >= 15 is 0 Å². The minimum atomic E-state index is 0.381. The predicted octanol–water partition coefficient (Wildman–Crippen LogP) is 1.27. The van der Waals surface area contributed by atoms with E-state index in [9.17, 15) is 0 Å². The van der Waals surface area contributed by atoms with Gasteiger partial charge in [0.15, 0.2) is 0 Å². The van der Waals surface area contributed by atoms with Crippen LogP contribution in [0.1, 0.15) is 34.1 Å². The maximum absolute atomic E-state index is 5.23. The molecule has 56 valence electrons. The van der Waals surface area contributed by atoms with Gasteiger partial charge in [-0.05, 0) is 18.8 Å². The molecule has 0 aliphatic heterocycles. The van der Waals surface area contributed by atoms with E-state index < -0.39 is 0 Å². The molecule has 0 aliphatic rings. The quantitative estimate of drug-likeness (QED) is 0.436. The molecule has 0 rings (SSSR count). The number of hydrogen-bond acceptors (Lipinski definition) is 2. The van der Waals surface area contributed by atoms with Gasteiger partial charge in [0, 0.05) is 6.04 Å². The van der Waals surface area contributed by atoms with Crippen molar-refractivity contribution in [3.8, 4) is 0 Å². The van der Waals surface area contributed by atoms with Crippen LogP contribution < -0.4 is 11.3 Å². The zero-order chi connectivity index (χ0) is 7.49. The second-order valence-corrected chi connectivity index (χ2v) is 3.83. The Morgan fingerprint density at radius 3 is 2.00 bits per heavy atom. The van der Waals surface area contributed by atoms with E-state index in [1.807, 2.05) is 0 Å². The van der Waals surface area contributed by atoms with Gasteiger partial charge < -0.3 is 0 Å². The molecule has 2 nitrogen and oxygen atoms in total. The predicted molar refractivity (Wildman–Crippen MR) is 40.9 cm³/mol. The summed E-state index contributed by atoms with van der Waals surface area (Å²) in [5.41, 5.74) is 3.10. The van der Waals surface area contributed by atoms with Crippen molar-refractivity contribution in [2.24, 2.45) is 11.3 Å². The Bertz CT molecular complexity index is 73.5. The van der Waals surface area contributed by atoms with E-state index in [4.69, 9.17) is 5.84 Å². The van der Waals surface area contributed by atoms with Crippen LogP contribution in [0, 0.1) is 5.41 Å². The van der Waals surface area contributed by atoms with E-state index in [0.717, 1.165) is 6.42 Å². The molecule has 0 fully saturated rings. The van der Waals surface area contributed by atoms with Gasteiger partial charge in [0.25, 0.3) is 0 Å². The molecule has 0 aromatic carbocycles. The Kier molecular flexibility index (Phi) is 3.15. The van der Waals surface area contributed by atoms with Gasteiger partial charge in [0.1, 0.15) is 0 Å². The number of hydrazine groups is 1. The molecule has 0 aromatic rings. The maximum Gasteiger partial charge on any atom is 0.0187 e. The van der Waals surface area contributed by atoms with Gasteiger partial charge in [-0.3, -0.25) is 11.3 Å². The van der Waals surface area contributed by atoms with Gasteiger partial charge in [-0.2, -0.15) is 0 Å². The third-order valence-electron chi connectivity index (χ3n) is 1.20. The summed E-state index contributed by atoms with van der Waals surface area (Å²) in [6, 6.07) is 0.421. The molecule has 0 heterocycles. The second-order valence-electron chi connectivity index (χ2n) is 3.83. The topological polar surface area (TPSA) is 38.0 Å². The summed E-state index contributed by atoms with van der Waals surface area (Å²) in [6.45, 7) is 8.72. The fourth-order valence-electron chi connectivity index (χ4n) is 0.977. The monoisotopic (exact) mass is 130 g/mol. The Morgan fingerprint density at radius 2 is 1.89 bits per heavy atom. The zero-order valence-electron chi connectivity index (χ0n) is 6.86. The van der Waals surface area contributed by atoms with E-state index in [2.05, 4.69) is 33.1 Å². The SMILES string of the molecule is C[C@@H](CC(C)(C)C)NN. The molecule has 0 bridgehead atoms. The number of hydrogen-bond donors (Lipinski definition) is 2. The average Bonchev–Trinajstić information content (AvgIpc) is 1.62. The Morgan fingerprint density at radius 1 is 1.44 bits per heavy atom. The first-order chi connectivity index (χ1) is 3.95. The highest BCUT2D eigenvalue weighted by Crippen LogP contribution is 2.19. The highest BCUT2D eigenvalue weighted by atomic mass is 15.2. The van der Waals surface area contributed by atoms with Crippen molar-refractivity contribution in [3.05, 3.63) is 0 Å². The third-order valence-corrected chi connectivity index (χ3v) is 1.20. The average molecular weight is 130 g/mol. The number of nitrogens with two attached hydrogens (primary N) is 1. The number of nitrogens with one attached hydrogen (secondary N) is 1. The van der Waals surface area contributed by atoms with Crippen LogP contribution in [-0.2, 0) is 0 Å². The molecule has 0 unspecified atom stereocenters. The molecule has 2 heteroatoms. The van der Waals surface area contributed by atoms with Gasteiger partial charge in [0.05, 0.1) is 0 Å². The lowest BCUT2D eigenvalue weighted by Gasteiger charge is -2.22. The first-order valence-corrected chi connectivity index (χ1v) is 3.42. The van der Waals surface area contributed by atoms with Crippen molar-refractivity contribution in [2.45, 2.75) is 40.2 Å². The van der Waals surface area contributed by atoms with E-state index in [1.165, 1.54) is 0 Å². The normalized spacial score (nSPS) is 15.7. The first kappa shape index (κ1) is 8.92. The summed E-state index contributed by atoms with van der Waals surface area (Å²) in [5, 5.41) is 0. The van der Waals surface area contributed by atoms with Crippen LogP contribution in [0.15, 0.2) is 0 Å². The third kappa shape index (κ3) is 5.80. The van der Waals surface area contributed by atoms with Crippen LogP contribution in [0.25, 0.3) is 0 Å². The van der Waals surface area contributed by atoms with Crippen LogP contribution in [0.5, 0.6) is 0 Å². The fourth-order valence-corrected chi connectivity index (χ4v) is 0.977. The summed E-state index contributed by atoms with van der Waals surface area (Å²) >= 11 is 0. The lowest BCUT2D eigenvalue weighted by molar-refractivity contribution is 0.321. The molecule has 0 amide bonds. The van der Waals surface area contributed by atoms with Crippen molar-refractivity contribution in [1.29, 1.82) is 0 Å². The standard InChI is InChI=1S/C7H18N2/c1-6(9-8)5-7(2,3)4/h6,9H,5,8H2,1-4H3/t6-/m0/s1. The molecular weight excluding hydrogens is 112 g/mol. The van der Waals surface area contributed by atoms with Crippen LogP contribution in [0.3, 0.4) is 0 Å². The molecule has 9 heavy (non-hydrogen) atoms. The van der Waals surface area contributed by atoms with Gasteiger partial charge in [-0.15, -0.1) is 0 Å². The Labute approximate surface area is 57.8 Å². The molecular formula is C7H18N2. The van der Waals surface area contributed by atoms with Gasteiger partial charge in [-0.1, -0.05) is 20.8 Å². The second kappa shape index (κ2) is 3.18. The molecule has 0 saturated heterocycles. The molecule has 0 aliphatic carbocycles. The lowest BCUT2D eigenvalue weighted by atomic mass is 9.89. The summed E-state index contributed by atoms with van der Waals surface area (Å²) in [5.74, 6) is 5.23.